The minimum absolute atomic E-state index is 0.102. The van der Waals surface area contributed by atoms with Crippen LogP contribution < -0.4 is 10.0 Å². The average molecular weight is 418 g/mol. The van der Waals surface area contributed by atoms with E-state index in [1.54, 1.807) is 20.8 Å². The fraction of sp³-hybridized carbons (Fsp3) is 0.278. The number of carbonyl (C=O) groups is 1. The van der Waals surface area contributed by atoms with Crippen LogP contribution in [0.15, 0.2) is 35.2 Å². The predicted octanol–water partition coefficient (Wildman–Crippen LogP) is 3.82. The molecule has 2 rings (SSSR count). The summed E-state index contributed by atoms with van der Waals surface area (Å²) in [4.78, 5) is 11.3. The van der Waals surface area contributed by atoms with E-state index in [0.29, 0.717) is 12.1 Å². The molecule has 1 amide bonds. The number of sulfonamides is 1. The summed E-state index contributed by atoms with van der Waals surface area (Å²) in [5.74, 6) is -6.33. The van der Waals surface area contributed by atoms with Gasteiger partial charge in [-0.2, -0.15) is 0 Å². The van der Waals surface area contributed by atoms with E-state index >= 15 is 0 Å². The number of halogens is 4. The van der Waals surface area contributed by atoms with Gasteiger partial charge in [0.05, 0.1) is 5.56 Å². The number of carbonyl (C=O) groups excluding carboxylic acids is 1. The van der Waals surface area contributed by atoms with Crippen LogP contribution in [0.5, 0.6) is 0 Å². The molecule has 0 saturated heterocycles. The van der Waals surface area contributed by atoms with Crippen LogP contribution >= 0.6 is 0 Å². The number of anilines is 1. The molecule has 0 bridgehead atoms. The van der Waals surface area contributed by atoms with Crippen LogP contribution in [0.4, 0.5) is 23.2 Å². The van der Waals surface area contributed by atoms with Crippen molar-refractivity contribution in [2.24, 2.45) is 5.92 Å². The van der Waals surface area contributed by atoms with Gasteiger partial charge in [-0.05, 0) is 31.0 Å². The summed E-state index contributed by atoms with van der Waals surface area (Å²) < 4.78 is 81.4. The van der Waals surface area contributed by atoms with Gasteiger partial charge >= 0.3 is 0 Å². The van der Waals surface area contributed by atoms with Gasteiger partial charge in [-0.1, -0.05) is 13.8 Å². The van der Waals surface area contributed by atoms with E-state index in [2.05, 4.69) is 10.0 Å². The maximum Gasteiger partial charge on any atom is 0.258 e. The lowest BCUT2D eigenvalue weighted by atomic mass is 10.1. The van der Waals surface area contributed by atoms with Crippen molar-refractivity contribution in [3.05, 3.63) is 59.2 Å². The van der Waals surface area contributed by atoms with Crippen LogP contribution in [0.1, 0.15) is 31.1 Å². The zero-order valence-corrected chi connectivity index (χ0v) is 16.0. The lowest BCUT2D eigenvalue weighted by Gasteiger charge is -2.18. The molecule has 10 heteroatoms. The van der Waals surface area contributed by atoms with E-state index in [1.165, 1.54) is 0 Å². The second-order valence-electron chi connectivity index (χ2n) is 6.50. The molecular formula is C18H18F4N2O3S. The Balaban J connectivity index is 2.39. The molecule has 1 atom stereocenters. The summed E-state index contributed by atoms with van der Waals surface area (Å²) in [7, 11) is -4.37. The van der Waals surface area contributed by atoms with E-state index in [-0.39, 0.29) is 17.7 Å². The number of hydrogen-bond donors (Lipinski definition) is 2. The van der Waals surface area contributed by atoms with Crippen molar-refractivity contribution in [1.82, 2.24) is 4.72 Å². The maximum atomic E-state index is 14.1. The van der Waals surface area contributed by atoms with Crippen LogP contribution in [0, 0.1) is 29.2 Å². The third kappa shape index (κ3) is 4.87. The van der Waals surface area contributed by atoms with E-state index in [1.807, 2.05) is 0 Å². The summed E-state index contributed by atoms with van der Waals surface area (Å²) in [6, 6.07) is 2.72. The highest BCUT2D eigenvalue weighted by molar-refractivity contribution is 7.89. The molecule has 2 aromatic carbocycles. The van der Waals surface area contributed by atoms with E-state index < -0.39 is 55.7 Å². The van der Waals surface area contributed by atoms with Crippen LogP contribution in [-0.4, -0.2) is 20.4 Å². The smallest absolute Gasteiger partial charge is 0.258 e. The lowest BCUT2D eigenvalue weighted by Crippen LogP contribution is -2.36. The molecule has 0 aromatic heterocycles. The average Bonchev–Trinajstić information content (AvgIpc) is 2.57. The Kier molecular flexibility index (Phi) is 6.45. The topological polar surface area (TPSA) is 75.3 Å². The van der Waals surface area contributed by atoms with Gasteiger partial charge in [0, 0.05) is 23.9 Å². The fourth-order valence-corrected chi connectivity index (χ4v) is 3.60. The molecule has 2 N–H and O–H groups in total. The Hall–Kier alpha value is -2.46. The van der Waals surface area contributed by atoms with Crippen molar-refractivity contribution >= 4 is 21.6 Å². The highest BCUT2D eigenvalue weighted by Gasteiger charge is 2.26. The molecule has 0 aliphatic heterocycles. The first-order chi connectivity index (χ1) is 12.9. The summed E-state index contributed by atoms with van der Waals surface area (Å²) >= 11 is 0. The Bertz CT molecular complexity index is 1010. The van der Waals surface area contributed by atoms with Gasteiger partial charge in [-0.15, -0.1) is 0 Å². The van der Waals surface area contributed by atoms with Crippen molar-refractivity contribution in [3.8, 4) is 0 Å². The van der Waals surface area contributed by atoms with Crippen LogP contribution in [0.2, 0.25) is 0 Å². The van der Waals surface area contributed by atoms with Crippen molar-refractivity contribution in [1.29, 1.82) is 0 Å². The van der Waals surface area contributed by atoms with Crippen LogP contribution in [0.3, 0.4) is 0 Å². The third-order valence-electron chi connectivity index (χ3n) is 4.07. The van der Waals surface area contributed by atoms with Gasteiger partial charge in [0.1, 0.15) is 16.5 Å². The summed E-state index contributed by atoms with van der Waals surface area (Å²) in [5.41, 5.74) is -0.965. The standard InChI is InChI=1S/C18H18F4N2O3S/c1-9(2)10(3)24-28(26,27)17-7-12(14(20)8-16(17)22)18(25)23-11-4-5-13(19)15(21)6-11/h4-10,24H,1-3H3,(H,23,25). The molecule has 1 unspecified atom stereocenters. The number of amides is 1. The first-order valence-corrected chi connectivity index (χ1v) is 9.68. The Labute approximate surface area is 159 Å². The molecule has 0 aliphatic rings. The molecule has 0 aliphatic carbocycles. The highest BCUT2D eigenvalue weighted by Crippen LogP contribution is 2.22. The molecule has 2 aromatic rings. The molecule has 28 heavy (non-hydrogen) atoms. The predicted molar refractivity (Wildman–Crippen MR) is 95.3 cm³/mol. The van der Waals surface area contributed by atoms with Crippen molar-refractivity contribution < 1.29 is 30.8 Å². The summed E-state index contributed by atoms with van der Waals surface area (Å²) in [6.07, 6.45) is 0. The molecule has 0 saturated carbocycles. The van der Waals surface area contributed by atoms with E-state index in [4.69, 9.17) is 0 Å². The van der Waals surface area contributed by atoms with Gasteiger partial charge in [-0.25, -0.2) is 30.7 Å². The summed E-state index contributed by atoms with van der Waals surface area (Å²) in [5, 5.41) is 2.10. The van der Waals surface area contributed by atoms with Gasteiger partial charge < -0.3 is 5.32 Å². The number of hydrogen-bond acceptors (Lipinski definition) is 3. The first kappa shape index (κ1) is 21.8. The van der Waals surface area contributed by atoms with Gasteiger partial charge in [-0.3, -0.25) is 4.79 Å². The van der Waals surface area contributed by atoms with E-state index in [9.17, 15) is 30.8 Å². The SMILES string of the molecule is CC(C)C(C)NS(=O)(=O)c1cc(C(=O)Nc2ccc(F)c(F)c2)c(F)cc1F. The molecule has 0 spiro atoms. The largest absolute Gasteiger partial charge is 0.322 e. The normalized spacial score (nSPS) is 12.9. The Morgan fingerprint density at radius 2 is 1.54 bits per heavy atom. The molecule has 152 valence electrons. The highest BCUT2D eigenvalue weighted by atomic mass is 32.2. The van der Waals surface area contributed by atoms with E-state index in [0.717, 1.165) is 12.1 Å². The molecule has 0 fully saturated rings. The van der Waals surface area contributed by atoms with Crippen molar-refractivity contribution in [3.63, 3.8) is 0 Å². The minimum Gasteiger partial charge on any atom is -0.322 e. The zero-order chi connectivity index (χ0) is 21.2. The van der Waals surface area contributed by atoms with Crippen LogP contribution in [0.25, 0.3) is 0 Å². The number of nitrogens with one attached hydrogen (secondary N) is 2. The molecule has 5 nitrogen and oxygen atoms in total. The van der Waals surface area contributed by atoms with Crippen molar-refractivity contribution in [2.75, 3.05) is 5.32 Å². The van der Waals surface area contributed by atoms with Crippen molar-refractivity contribution in [2.45, 2.75) is 31.7 Å². The molecule has 0 radical (unpaired) electrons. The molecular weight excluding hydrogens is 400 g/mol. The monoisotopic (exact) mass is 418 g/mol. The Morgan fingerprint density at radius 1 is 0.893 bits per heavy atom. The molecule has 0 heterocycles. The fourth-order valence-electron chi connectivity index (χ4n) is 2.13. The quantitative estimate of drug-likeness (QED) is 0.701. The third-order valence-corrected chi connectivity index (χ3v) is 5.65. The van der Waals surface area contributed by atoms with Gasteiger partial charge in [0.25, 0.3) is 5.91 Å². The minimum atomic E-state index is -4.37. The van der Waals surface area contributed by atoms with Crippen LogP contribution in [-0.2, 0) is 10.0 Å². The second-order valence-corrected chi connectivity index (χ2v) is 8.18. The van der Waals surface area contributed by atoms with Gasteiger partial charge in [0.2, 0.25) is 10.0 Å². The Morgan fingerprint density at radius 3 is 2.11 bits per heavy atom. The van der Waals surface area contributed by atoms with Gasteiger partial charge in [0.15, 0.2) is 11.6 Å². The zero-order valence-electron chi connectivity index (χ0n) is 15.2. The second kappa shape index (κ2) is 8.27. The lowest BCUT2D eigenvalue weighted by molar-refractivity contribution is 0.102. The number of benzene rings is 2. The number of rotatable bonds is 6. The maximum absolute atomic E-state index is 14.1. The first-order valence-electron chi connectivity index (χ1n) is 8.20. The summed E-state index contributed by atoms with van der Waals surface area (Å²) in [6.45, 7) is 5.06.